The van der Waals surface area contributed by atoms with Crippen LogP contribution < -0.4 is 21.5 Å². The zero-order valence-electron chi connectivity index (χ0n) is 11.6. The van der Waals surface area contributed by atoms with Crippen LogP contribution in [0.25, 0.3) is 0 Å². The number of anilines is 2. The maximum atomic E-state index is 12.2. The Morgan fingerprint density at radius 1 is 1.65 bits per heavy atom. The minimum atomic E-state index is -0.316. The van der Waals surface area contributed by atoms with Crippen molar-refractivity contribution in [3.8, 4) is 0 Å². The maximum Gasteiger partial charge on any atom is 0.245 e. The number of nitrogens with zero attached hydrogens (tertiary/aromatic N) is 2. The molecule has 1 unspecified atom stereocenters. The lowest BCUT2D eigenvalue weighted by molar-refractivity contribution is -0.124. The molecule has 1 aromatic heterocycles. The van der Waals surface area contributed by atoms with E-state index in [1.807, 2.05) is 24.0 Å². The Morgan fingerprint density at radius 3 is 3.25 bits per heavy atom. The molecule has 0 radical (unpaired) electrons. The fraction of sp³-hybridized carbons (Fsp3) is 0.538. The number of carbonyl (C=O) groups is 1. The number of carbonyl (C=O) groups excluding carboxylic acids is 1. The van der Waals surface area contributed by atoms with E-state index in [0.717, 1.165) is 12.1 Å². The number of nitrogens with two attached hydrogens (primary N) is 1. The molecule has 7 heteroatoms. The molecule has 1 aliphatic heterocycles. The second-order valence-electron chi connectivity index (χ2n) is 4.62. The normalized spacial score (nSPS) is 18.7. The third-order valence-electron chi connectivity index (χ3n) is 3.20. The molecular formula is C13H21N5O2. The summed E-state index contributed by atoms with van der Waals surface area (Å²) in [6.07, 6.45) is 2.58. The van der Waals surface area contributed by atoms with Gasteiger partial charge in [0.25, 0.3) is 0 Å². The van der Waals surface area contributed by atoms with Gasteiger partial charge in [0.1, 0.15) is 11.9 Å². The number of pyridine rings is 1. The second kappa shape index (κ2) is 7.06. The lowest BCUT2D eigenvalue weighted by atomic mass is 10.2. The van der Waals surface area contributed by atoms with E-state index in [4.69, 9.17) is 10.6 Å². The van der Waals surface area contributed by atoms with Crippen molar-refractivity contribution in [2.24, 2.45) is 5.84 Å². The van der Waals surface area contributed by atoms with Crippen LogP contribution in [-0.4, -0.2) is 43.2 Å². The molecule has 20 heavy (non-hydrogen) atoms. The van der Waals surface area contributed by atoms with Gasteiger partial charge in [0.2, 0.25) is 5.91 Å². The summed E-state index contributed by atoms with van der Waals surface area (Å²) in [5.41, 5.74) is 3.43. The number of aromatic nitrogens is 1. The fourth-order valence-corrected chi connectivity index (χ4v) is 2.17. The number of hydrazine groups is 1. The maximum absolute atomic E-state index is 12.2. The van der Waals surface area contributed by atoms with Crippen molar-refractivity contribution in [2.75, 3.05) is 36.6 Å². The smallest absolute Gasteiger partial charge is 0.245 e. The number of nitrogens with one attached hydrogen (secondary N) is 2. The number of ether oxygens (including phenoxy) is 1. The lowest BCUT2D eigenvalue weighted by Crippen LogP contribution is -2.54. The van der Waals surface area contributed by atoms with Gasteiger partial charge in [-0.3, -0.25) is 4.79 Å². The van der Waals surface area contributed by atoms with Crippen LogP contribution in [0.1, 0.15) is 13.3 Å². The van der Waals surface area contributed by atoms with Crippen molar-refractivity contribution in [3.05, 3.63) is 18.3 Å². The number of rotatable bonds is 5. The molecular weight excluding hydrogens is 258 g/mol. The highest BCUT2D eigenvalue weighted by Gasteiger charge is 2.29. The highest BCUT2D eigenvalue weighted by molar-refractivity contribution is 5.85. The van der Waals surface area contributed by atoms with Crippen LogP contribution in [0.5, 0.6) is 0 Å². The number of nitrogen functional groups attached to an aromatic ring is 1. The van der Waals surface area contributed by atoms with Gasteiger partial charge in [0.05, 0.1) is 13.2 Å². The van der Waals surface area contributed by atoms with Gasteiger partial charge in [-0.1, -0.05) is 6.92 Å². The fourth-order valence-electron chi connectivity index (χ4n) is 2.17. The van der Waals surface area contributed by atoms with Gasteiger partial charge < -0.3 is 20.4 Å². The van der Waals surface area contributed by atoms with Crippen molar-refractivity contribution in [2.45, 2.75) is 19.4 Å². The van der Waals surface area contributed by atoms with E-state index in [1.54, 1.807) is 6.20 Å². The van der Waals surface area contributed by atoms with Gasteiger partial charge in [0, 0.05) is 31.0 Å². The van der Waals surface area contributed by atoms with Crippen LogP contribution in [0.4, 0.5) is 11.5 Å². The van der Waals surface area contributed by atoms with Crippen LogP contribution in [0.3, 0.4) is 0 Å². The highest BCUT2D eigenvalue weighted by Crippen LogP contribution is 2.21. The van der Waals surface area contributed by atoms with E-state index < -0.39 is 0 Å². The topological polar surface area (TPSA) is 92.5 Å². The van der Waals surface area contributed by atoms with Gasteiger partial charge in [-0.25, -0.2) is 10.8 Å². The molecule has 0 aromatic carbocycles. The monoisotopic (exact) mass is 279 g/mol. The molecule has 0 bridgehead atoms. The molecule has 0 saturated carbocycles. The Balaban J connectivity index is 2.15. The first kappa shape index (κ1) is 14.5. The number of hydrogen-bond donors (Lipinski definition) is 3. The Labute approximate surface area is 118 Å². The minimum Gasteiger partial charge on any atom is -0.377 e. The zero-order valence-corrected chi connectivity index (χ0v) is 11.6. The molecule has 4 N–H and O–H groups in total. The third kappa shape index (κ3) is 3.37. The molecule has 1 fully saturated rings. The van der Waals surface area contributed by atoms with Crippen LogP contribution >= 0.6 is 0 Å². The van der Waals surface area contributed by atoms with Crippen molar-refractivity contribution < 1.29 is 9.53 Å². The summed E-state index contributed by atoms with van der Waals surface area (Å²) in [4.78, 5) is 18.3. The Morgan fingerprint density at radius 2 is 2.50 bits per heavy atom. The first-order valence-corrected chi connectivity index (χ1v) is 6.81. The number of morpholine rings is 1. The molecule has 1 saturated heterocycles. The van der Waals surface area contributed by atoms with E-state index in [1.165, 1.54) is 0 Å². The molecule has 2 heterocycles. The SMILES string of the molecule is CCCNC(=O)C1COCCN1c1ccnc(NN)c1. The molecule has 0 spiro atoms. The summed E-state index contributed by atoms with van der Waals surface area (Å²) in [7, 11) is 0. The number of amides is 1. The molecule has 7 nitrogen and oxygen atoms in total. The molecule has 1 amide bonds. The Bertz CT molecular complexity index is 454. The zero-order chi connectivity index (χ0) is 14.4. The van der Waals surface area contributed by atoms with E-state index in [0.29, 0.717) is 32.1 Å². The van der Waals surface area contributed by atoms with Crippen LogP contribution in [0.15, 0.2) is 18.3 Å². The standard InChI is InChI=1S/C13H21N5O2/c1-2-4-16-13(19)11-9-20-7-6-18(11)10-3-5-15-12(8-10)17-14/h3,5,8,11H,2,4,6-7,9,14H2,1H3,(H,15,17)(H,16,19). The first-order chi connectivity index (χ1) is 9.76. The van der Waals surface area contributed by atoms with Crippen molar-refractivity contribution in [1.82, 2.24) is 10.3 Å². The average Bonchev–Trinajstić information content (AvgIpc) is 2.52. The Hall–Kier alpha value is -1.86. The quantitative estimate of drug-likeness (QED) is 0.523. The highest BCUT2D eigenvalue weighted by atomic mass is 16.5. The number of hydrogen-bond acceptors (Lipinski definition) is 6. The van der Waals surface area contributed by atoms with Gasteiger partial charge in [-0.05, 0) is 12.5 Å². The summed E-state index contributed by atoms with van der Waals surface area (Å²) in [5.74, 6) is 5.94. The first-order valence-electron chi connectivity index (χ1n) is 6.81. The minimum absolute atomic E-state index is 0.00869. The van der Waals surface area contributed by atoms with E-state index in [-0.39, 0.29) is 11.9 Å². The van der Waals surface area contributed by atoms with Crippen LogP contribution in [0, 0.1) is 0 Å². The lowest BCUT2D eigenvalue weighted by Gasteiger charge is -2.36. The average molecular weight is 279 g/mol. The van der Waals surface area contributed by atoms with Gasteiger partial charge in [-0.2, -0.15) is 0 Å². The molecule has 1 atom stereocenters. The van der Waals surface area contributed by atoms with Crippen molar-refractivity contribution in [3.63, 3.8) is 0 Å². The third-order valence-corrected chi connectivity index (χ3v) is 3.20. The van der Waals surface area contributed by atoms with Gasteiger partial charge in [0.15, 0.2) is 0 Å². The van der Waals surface area contributed by atoms with Crippen LogP contribution in [-0.2, 0) is 9.53 Å². The van der Waals surface area contributed by atoms with E-state index >= 15 is 0 Å². The van der Waals surface area contributed by atoms with Crippen molar-refractivity contribution >= 4 is 17.4 Å². The molecule has 1 aromatic rings. The molecule has 2 rings (SSSR count). The predicted molar refractivity (Wildman–Crippen MR) is 77.3 cm³/mol. The van der Waals surface area contributed by atoms with Gasteiger partial charge in [-0.15, -0.1) is 0 Å². The van der Waals surface area contributed by atoms with E-state index in [9.17, 15) is 4.79 Å². The van der Waals surface area contributed by atoms with Gasteiger partial charge >= 0.3 is 0 Å². The summed E-state index contributed by atoms with van der Waals surface area (Å²) < 4.78 is 5.43. The molecule has 110 valence electrons. The van der Waals surface area contributed by atoms with Crippen molar-refractivity contribution in [1.29, 1.82) is 0 Å². The predicted octanol–water partition coefficient (Wildman–Crippen LogP) is 0.0986. The largest absolute Gasteiger partial charge is 0.377 e. The summed E-state index contributed by atoms with van der Waals surface area (Å²) >= 11 is 0. The molecule has 1 aliphatic rings. The Kier molecular flexibility index (Phi) is 5.14. The van der Waals surface area contributed by atoms with Crippen LogP contribution in [0.2, 0.25) is 0 Å². The summed E-state index contributed by atoms with van der Waals surface area (Å²) in [5, 5.41) is 2.91. The van der Waals surface area contributed by atoms with E-state index in [2.05, 4.69) is 15.7 Å². The summed E-state index contributed by atoms with van der Waals surface area (Å²) in [6.45, 7) is 4.36. The molecule has 0 aliphatic carbocycles. The second-order valence-corrected chi connectivity index (χ2v) is 4.62. The summed E-state index contributed by atoms with van der Waals surface area (Å²) in [6, 6.07) is 3.38.